The Kier molecular flexibility index (Phi) is 5.02. The Morgan fingerprint density at radius 2 is 2.04 bits per heavy atom. The molecule has 1 fully saturated rings. The molecule has 0 amide bonds. The predicted octanol–water partition coefficient (Wildman–Crippen LogP) is 3.13. The summed E-state index contributed by atoms with van der Waals surface area (Å²) in [5.74, 6) is 1.92. The van der Waals surface area contributed by atoms with E-state index in [1.54, 1.807) is 19.5 Å². The number of rotatable bonds is 6. The highest BCUT2D eigenvalue weighted by Gasteiger charge is 2.22. The third-order valence-electron chi connectivity index (χ3n) is 4.92. The molecule has 0 atom stereocenters. The van der Waals surface area contributed by atoms with Gasteiger partial charge < -0.3 is 18.9 Å². The van der Waals surface area contributed by atoms with Crippen molar-refractivity contribution in [3.8, 4) is 5.75 Å². The van der Waals surface area contributed by atoms with Crippen molar-refractivity contribution in [3.63, 3.8) is 0 Å². The zero-order valence-electron chi connectivity index (χ0n) is 15.0. The zero-order valence-corrected chi connectivity index (χ0v) is 15.0. The number of aromatic nitrogens is 3. The van der Waals surface area contributed by atoms with Crippen LogP contribution < -0.4 is 9.64 Å². The van der Waals surface area contributed by atoms with Gasteiger partial charge in [0.05, 0.1) is 18.3 Å². The van der Waals surface area contributed by atoms with E-state index in [1.807, 2.05) is 6.20 Å². The second kappa shape index (κ2) is 7.74. The highest BCUT2D eigenvalue weighted by Crippen LogP contribution is 2.29. The van der Waals surface area contributed by atoms with Crippen LogP contribution in [0.2, 0.25) is 0 Å². The van der Waals surface area contributed by atoms with Crippen molar-refractivity contribution in [3.05, 3.63) is 49.1 Å². The third kappa shape index (κ3) is 3.51. The second-order valence-corrected chi connectivity index (χ2v) is 6.56. The van der Waals surface area contributed by atoms with Crippen molar-refractivity contribution in [2.45, 2.75) is 25.5 Å². The maximum Gasteiger partial charge on any atom is 0.147 e. The molecule has 3 aromatic rings. The zero-order chi connectivity index (χ0) is 17.8. The SMILES string of the molecule is COCCn1ccc2c(OC3CCN(c4cnccn4)CC3)cccc21. The van der Waals surface area contributed by atoms with E-state index < -0.39 is 0 Å². The Balaban J connectivity index is 1.43. The monoisotopic (exact) mass is 352 g/mol. The van der Waals surface area contributed by atoms with Crippen LogP contribution in [-0.2, 0) is 11.3 Å². The van der Waals surface area contributed by atoms with Gasteiger partial charge in [0.2, 0.25) is 0 Å². The summed E-state index contributed by atoms with van der Waals surface area (Å²) in [5.41, 5.74) is 1.19. The molecule has 26 heavy (non-hydrogen) atoms. The summed E-state index contributed by atoms with van der Waals surface area (Å²) in [6.45, 7) is 3.43. The van der Waals surface area contributed by atoms with Crippen LogP contribution in [0.4, 0.5) is 5.82 Å². The van der Waals surface area contributed by atoms with Gasteiger partial charge in [-0.05, 0) is 18.2 Å². The van der Waals surface area contributed by atoms with Crippen molar-refractivity contribution < 1.29 is 9.47 Å². The molecule has 1 aliphatic rings. The lowest BCUT2D eigenvalue weighted by molar-refractivity contribution is 0.173. The normalized spacial score (nSPS) is 15.5. The van der Waals surface area contributed by atoms with E-state index in [1.165, 1.54) is 10.9 Å². The maximum atomic E-state index is 6.36. The van der Waals surface area contributed by atoms with Crippen LogP contribution in [0.3, 0.4) is 0 Å². The smallest absolute Gasteiger partial charge is 0.147 e. The molecule has 0 spiro atoms. The standard InChI is InChI=1S/C20H24N4O2/c1-25-14-13-23-12-7-17-18(23)3-2-4-19(17)26-16-5-10-24(11-6-16)20-15-21-8-9-22-20/h2-4,7-9,12,15-16H,5-6,10-11,13-14H2,1H3. The van der Waals surface area contributed by atoms with E-state index in [2.05, 4.69) is 49.9 Å². The summed E-state index contributed by atoms with van der Waals surface area (Å²) in [6.07, 6.45) is 9.58. The van der Waals surface area contributed by atoms with Crippen molar-refractivity contribution >= 4 is 16.7 Å². The van der Waals surface area contributed by atoms with Gasteiger partial charge in [0, 0.05) is 63.6 Å². The minimum atomic E-state index is 0.232. The fourth-order valence-electron chi connectivity index (χ4n) is 3.52. The lowest BCUT2D eigenvalue weighted by Gasteiger charge is -2.32. The van der Waals surface area contributed by atoms with Gasteiger partial charge in [-0.1, -0.05) is 6.07 Å². The molecule has 6 nitrogen and oxygen atoms in total. The van der Waals surface area contributed by atoms with Crippen LogP contribution in [0.15, 0.2) is 49.1 Å². The molecule has 1 aromatic carbocycles. The van der Waals surface area contributed by atoms with E-state index >= 15 is 0 Å². The van der Waals surface area contributed by atoms with Crippen LogP contribution in [0, 0.1) is 0 Å². The van der Waals surface area contributed by atoms with Crippen molar-refractivity contribution in [1.29, 1.82) is 0 Å². The molecule has 2 aromatic heterocycles. The average Bonchev–Trinajstić information content (AvgIpc) is 3.12. The molecule has 1 aliphatic heterocycles. The second-order valence-electron chi connectivity index (χ2n) is 6.56. The van der Waals surface area contributed by atoms with Crippen LogP contribution in [-0.4, -0.2) is 47.4 Å². The number of benzene rings is 1. The number of ether oxygens (including phenoxy) is 2. The van der Waals surface area contributed by atoms with Gasteiger partial charge >= 0.3 is 0 Å². The third-order valence-corrected chi connectivity index (χ3v) is 4.92. The minimum absolute atomic E-state index is 0.232. The minimum Gasteiger partial charge on any atom is -0.490 e. The quantitative estimate of drug-likeness (QED) is 0.682. The highest BCUT2D eigenvalue weighted by atomic mass is 16.5. The predicted molar refractivity (Wildman–Crippen MR) is 102 cm³/mol. The number of nitrogens with zero attached hydrogens (tertiary/aromatic N) is 4. The Bertz CT molecular complexity index is 841. The highest BCUT2D eigenvalue weighted by molar-refractivity contribution is 5.86. The molecule has 3 heterocycles. The van der Waals surface area contributed by atoms with Gasteiger partial charge in [0.1, 0.15) is 17.7 Å². The summed E-state index contributed by atoms with van der Waals surface area (Å²) in [6, 6.07) is 8.40. The molecular formula is C20H24N4O2. The molecule has 136 valence electrons. The first kappa shape index (κ1) is 16.8. The summed E-state index contributed by atoms with van der Waals surface area (Å²) < 4.78 is 13.8. The summed E-state index contributed by atoms with van der Waals surface area (Å²) >= 11 is 0. The molecule has 0 unspecified atom stereocenters. The molecule has 4 rings (SSSR count). The molecule has 0 bridgehead atoms. The lowest BCUT2D eigenvalue weighted by Crippen LogP contribution is -2.38. The van der Waals surface area contributed by atoms with Gasteiger partial charge in [-0.2, -0.15) is 0 Å². The number of fused-ring (bicyclic) bond motifs is 1. The van der Waals surface area contributed by atoms with Crippen LogP contribution in [0.25, 0.3) is 10.9 Å². The molecule has 0 radical (unpaired) electrons. The Morgan fingerprint density at radius 3 is 2.81 bits per heavy atom. The van der Waals surface area contributed by atoms with E-state index in [0.29, 0.717) is 6.61 Å². The van der Waals surface area contributed by atoms with Crippen LogP contribution in [0.5, 0.6) is 5.75 Å². The summed E-state index contributed by atoms with van der Waals surface area (Å²) in [7, 11) is 1.73. The van der Waals surface area contributed by atoms with Gasteiger partial charge in [-0.3, -0.25) is 4.98 Å². The van der Waals surface area contributed by atoms with Crippen molar-refractivity contribution in [2.75, 3.05) is 31.7 Å². The first-order valence-electron chi connectivity index (χ1n) is 9.09. The van der Waals surface area contributed by atoms with E-state index in [0.717, 1.165) is 44.0 Å². The number of hydrogen-bond acceptors (Lipinski definition) is 5. The Labute approximate surface area is 153 Å². The molecular weight excluding hydrogens is 328 g/mol. The van der Waals surface area contributed by atoms with E-state index in [9.17, 15) is 0 Å². The number of piperidine rings is 1. The summed E-state index contributed by atoms with van der Waals surface area (Å²) in [5, 5.41) is 1.17. The van der Waals surface area contributed by atoms with Gasteiger partial charge in [0.25, 0.3) is 0 Å². The van der Waals surface area contributed by atoms with Gasteiger partial charge in [-0.25, -0.2) is 4.98 Å². The Morgan fingerprint density at radius 1 is 1.15 bits per heavy atom. The number of anilines is 1. The maximum absolute atomic E-state index is 6.36. The molecule has 6 heteroatoms. The van der Waals surface area contributed by atoms with E-state index in [-0.39, 0.29) is 6.10 Å². The molecule has 0 aliphatic carbocycles. The fourth-order valence-corrected chi connectivity index (χ4v) is 3.52. The molecule has 0 saturated carbocycles. The van der Waals surface area contributed by atoms with Crippen molar-refractivity contribution in [2.24, 2.45) is 0 Å². The largest absolute Gasteiger partial charge is 0.490 e. The van der Waals surface area contributed by atoms with Crippen molar-refractivity contribution in [1.82, 2.24) is 14.5 Å². The first-order valence-corrected chi connectivity index (χ1v) is 9.09. The number of methoxy groups -OCH3 is 1. The fraction of sp³-hybridized carbons (Fsp3) is 0.400. The molecule has 1 saturated heterocycles. The topological polar surface area (TPSA) is 52.4 Å². The molecule has 0 N–H and O–H groups in total. The lowest BCUT2D eigenvalue weighted by atomic mass is 10.1. The van der Waals surface area contributed by atoms with Crippen LogP contribution >= 0.6 is 0 Å². The average molecular weight is 352 g/mol. The summed E-state index contributed by atoms with van der Waals surface area (Å²) in [4.78, 5) is 10.8. The van der Waals surface area contributed by atoms with Gasteiger partial charge in [-0.15, -0.1) is 0 Å². The van der Waals surface area contributed by atoms with Crippen LogP contribution in [0.1, 0.15) is 12.8 Å². The Hall–Kier alpha value is -2.60. The van der Waals surface area contributed by atoms with E-state index in [4.69, 9.17) is 9.47 Å². The first-order chi connectivity index (χ1) is 12.8. The van der Waals surface area contributed by atoms with Gasteiger partial charge in [0.15, 0.2) is 0 Å². The number of hydrogen-bond donors (Lipinski definition) is 0.